The van der Waals surface area contributed by atoms with E-state index in [1.165, 1.54) is 5.57 Å². The van der Waals surface area contributed by atoms with Gasteiger partial charge in [0.15, 0.2) is 0 Å². The first-order valence-electron chi connectivity index (χ1n) is 4.27. The molecule has 0 aromatic rings. The molecule has 0 aliphatic carbocycles. The Bertz CT molecular complexity index is 221. The summed E-state index contributed by atoms with van der Waals surface area (Å²) in [5, 5.41) is 3.12. The molecule has 0 bridgehead atoms. The maximum atomic E-state index is 4.01. The van der Waals surface area contributed by atoms with Gasteiger partial charge in [-0.3, -0.25) is 0 Å². The molecular weight excluding hydrogens is 146 g/mol. The lowest BCUT2D eigenvalue weighted by molar-refractivity contribution is 0.952. The van der Waals surface area contributed by atoms with Crippen LogP contribution in [-0.2, 0) is 0 Å². The van der Waals surface area contributed by atoms with Crippen LogP contribution in [0.3, 0.4) is 0 Å². The fraction of sp³-hybridized carbons (Fsp3) is 0.455. The summed E-state index contributed by atoms with van der Waals surface area (Å²) in [7, 11) is 1.92. The van der Waals surface area contributed by atoms with E-state index in [4.69, 9.17) is 0 Å². The molecule has 0 heterocycles. The molecule has 0 radical (unpaired) electrons. The molecule has 0 rings (SSSR count). The average molecular weight is 165 g/mol. The molecule has 68 valence electrons. The van der Waals surface area contributed by atoms with Gasteiger partial charge in [-0.15, -0.1) is 0 Å². The van der Waals surface area contributed by atoms with Gasteiger partial charge in [0.2, 0.25) is 0 Å². The molecule has 0 aromatic carbocycles. The zero-order valence-corrected chi connectivity index (χ0v) is 8.62. The largest absolute Gasteiger partial charge is 0.391 e. The van der Waals surface area contributed by atoms with Gasteiger partial charge in [-0.25, -0.2) is 0 Å². The third-order valence-corrected chi connectivity index (χ3v) is 1.96. The van der Waals surface area contributed by atoms with Gasteiger partial charge in [-0.2, -0.15) is 0 Å². The molecule has 0 unspecified atom stereocenters. The van der Waals surface area contributed by atoms with Gasteiger partial charge in [0, 0.05) is 12.7 Å². The molecular formula is C11H19N. The average Bonchev–Trinajstić information content (AvgIpc) is 2.03. The Kier molecular flexibility index (Phi) is 4.42. The van der Waals surface area contributed by atoms with E-state index < -0.39 is 0 Å². The minimum Gasteiger partial charge on any atom is -0.391 e. The molecule has 0 spiro atoms. The van der Waals surface area contributed by atoms with Gasteiger partial charge in [0.1, 0.15) is 0 Å². The lowest BCUT2D eigenvalue weighted by atomic mass is 9.97. The zero-order chi connectivity index (χ0) is 9.72. The Hall–Kier alpha value is -0.980. The summed E-state index contributed by atoms with van der Waals surface area (Å²) < 4.78 is 0. The number of hydrogen-bond acceptors (Lipinski definition) is 1. The summed E-state index contributed by atoms with van der Waals surface area (Å²) in [6, 6.07) is 0. The summed E-state index contributed by atoms with van der Waals surface area (Å²) in [4.78, 5) is 0. The van der Waals surface area contributed by atoms with Crippen LogP contribution < -0.4 is 5.32 Å². The van der Waals surface area contributed by atoms with E-state index in [0.29, 0.717) is 0 Å². The smallest absolute Gasteiger partial charge is 0.0151 e. The van der Waals surface area contributed by atoms with E-state index in [2.05, 4.69) is 25.4 Å². The monoisotopic (exact) mass is 165 g/mol. The minimum atomic E-state index is 0.973. The maximum absolute atomic E-state index is 4.01. The molecule has 0 amide bonds. The Morgan fingerprint density at radius 2 is 1.75 bits per heavy atom. The first-order chi connectivity index (χ1) is 5.54. The topological polar surface area (TPSA) is 12.0 Å². The predicted octanol–water partition coefficient (Wildman–Crippen LogP) is 3.02. The summed E-state index contributed by atoms with van der Waals surface area (Å²) in [5.74, 6) is 0. The molecule has 0 aliphatic heterocycles. The normalized spacial score (nSPS) is 12.0. The highest BCUT2D eigenvalue weighted by Gasteiger charge is 2.04. The fourth-order valence-corrected chi connectivity index (χ4v) is 1.19. The Morgan fingerprint density at radius 1 is 1.25 bits per heavy atom. The molecule has 1 heteroatoms. The lowest BCUT2D eigenvalue weighted by Gasteiger charge is -2.13. The van der Waals surface area contributed by atoms with Crippen molar-refractivity contribution in [3.05, 3.63) is 35.6 Å². The number of hydrogen-bond donors (Lipinski definition) is 1. The van der Waals surface area contributed by atoms with E-state index >= 15 is 0 Å². The van der Waals surface area contributed by atoms with Crippen LogP contribution in [0.4, 0.5) is 0 Å². The molecule has 0 aromatic heterocycles. The minimum absolute atomic E-state index is 0.973. The first kappa shape index (κ1) is 11.0. The maximum Gasteiger partial charge on any atom is 0.0151 e. The Balaban J connectivity index is 4.91. The Labute approximate surface area is 75.9 Å². The van der Waals surface area contributed by atoms with Gasteiger partial charge < -0.3 is 5.32 Å². The van der Waals surface area contributed by atoms with Crippen LogP contribution in [0.15, 0.2) is 35.6 Å². The molecule has 0 fully saturated rings. The Morgan fingerprint density at radius 3 is 2.00 bits per heavy atom. The molecule has 0 aliphatic rings. The first-order valence-corrected chi connectivity index (χ1v) is 4.27. The van der Waals surface area contributed by atoms with Gasteiger partial charge in [-0.1, -0.05) is 20.1 Å². The highest BCUT2D eigenvalue weighted by Crippen LogP contribution is 2.21. The van der Waals surface area contributed by atoms with Crippen LogP contribution in [0.5, 0.6) is 0 Å². The van der Waals surface area contributed by atoms with Crippen molar-refractivity contribution in [3.63, 3.8) is 0 Å². The van der Waals surface area contributed by atoms with Crippen LogP contribution in [0.2, 0.25) is 0 Å². The van der Waals surface area contributed by atoms with Gasteiger partial charge in [-0.05, 0) is 37.0 Å². The third kappa shape index (κ3) is 2.57. The van der Waals surface area contributed by atoms with E-state index in [0.717, 1.165) is 23.3 Å². The standard InChI is InChI=1S/C11H19N/c1-7-9(4)11(8(2)3)10(5)12-6/h12H,2,4,7H2,1,3,5-6H3/b11-10+. The summed E-state index contributed by atoms with van der Waals surface area (Å²) >= 11 is 0. The van der Waals surface area contributed by atoms with Gasteiger partial charge in [0.05, 0.1) is 0 Å². The zero-order valence-electron chi connectivity index (χ0n) is 8.62. The SMILES string of the molecule is C=C(C)/C(C(=C)CC)=C(/C)NC. The highest BCUT2D eigenvalue weighted by atomic mass is 14.8. The van der Waals surface area contributed by atoms with Gasteiger partial charge >= 0.3 is 0 Å². The third-order valence-electron chi connectivity index (χ3n) is 1.96. The van der Waals surface area contributed by atoms with E-state index in [1.54, 1.807) is 0 Å². The predicted molar refractivity (Wildman–Crippen MR) is 56.0 cm³/mol. The highest BCUT2D eigenvalue weighted by molar-refractivity contribution is 5.45. The summed E-state index contributed by atoms with van der Waals surface area (Å²) in [6.45, 7) is 14.1. The van der Waals surface area contributed by atoms with Crippen LogP contribution in [-0.4, -0.2) is 7.05 Å². The molecule has 0 atom stereocenters. The summed E-state index contributed by atoms with van der Waals surface area (Å²) in [5.41, 5.74) is 4.55. The van der Waals surface area contributed by atoms with Crippen molar-refractivity contribution in [2.24, 2.45) is 0 Å². The van der Waals surface area contributed by atoms with Crippen molar-refractivity contribution in [2.75, 3.05) is 7.05 Å². The molecule has 0 saturated carbocycles. The van der Waals surface area contributed by atoms with Crippen LogP contribution >= 0.6 is 0 Å². The van der Waals surface area contributed by atoms with E-state index in [9.17, 15) is 0 Å². The second-order valence-corrected chi connectivity index (χ2v) is 2.99. The van der Waals surface area contributed by atoms with Crippen LogP contribution in [0.1, 0.15) is 27.2 Å². The quantitative estimate of drug-likeness (QED) is 0.631. The number of nitrogens with one attached hydrogen (secondary N) is 1. The number of allylic oxidation sites excluding steroid dienone is 4. The van der Waals surface area contributed by atoms with Gasteiger partial charge in [0.25, 0.3) is 0 Å². The van der Waals surface area contributed by atoms with Crippen LogP contribution in [0.25, 0.3) is 0 Å². The second kappa shape index (κ2) is 4.81. The van der Waals surface area contributed by atoms with E-state index in [1.807, 2.05) is 20.9 Å². The fourth-order valence-electron chi connectivity index (χ4n) is 1.19. The summed E-state index contributed by atoms with van der Waals surface area (Å²) in [6.07, 6.45) is 0.973. The lowest BCUT2D eigenvalue weighted by Crippen LogP contribution is -2.07. The second-order valence-electron chi connectivity index (χ2n) is 2.99. The molecule has 0 saturated heterocycles. The van der Waals surface area contributed by atoms with E-state index in [-0.39, 0.29) is 0 Å². The number of rotatable bonds is 4. The van der Waals surface area contributed by atoms with Crippen molar-refractivity contribution >= 4 is 0 Å². The van der Waals surface area contributed by atoms with Crippen molar-refractivity contribution < 1.29 is 0 Å². The molecule has 1 N–H and O–H groups in total. The molecule has 1 nitrogen and oxygen atoms in total. The van der Waals surface area contributed by atoms with Crippen LogP contribution in [0, 0.1) is 0 Å². The molecule has 12 heavy (non-hydrogen) atoms. The van der Waals surface area contributed by atoms with Crippen molar-refractivity contribution in [2.45, 2.75) is 27.2 Å². The van der Waals surface area contributed by atoms with Crippen molar-refractivity contribution in [1.82, 2.24) is 5.32 Å². The van der Waals surface area contributed by atoms with Crippen molar-refractivity contribution in [3.8, 4) is 0 Å². The van der Waals surface area contributed by atoms with Crippen molar-refractivity contribution in [1.29, 1.82) is 0 Å².